The van der Waals surface area contributed by atoms with Gasteiger partial charge in [-0.2, -0.15) is 0 Å². The first-order valence-electron chi connectivity index (χ1n) is 14.1. The molecule has 0 saturated heterocycles. The molecule has 0 spiro atoms. The van der Waals surface area contributed by atoms with Crippen LogP contribution in [-0.4, -0.2) is 9.55 Å². The van der Waals surface area contributed by atoms with E-state index in [-0.39, 0.29) is 0 Å². The van der Waals surface area contributed by atoms with Gasteiger partial charge in [0.1, 0.15) is 5.82 Å². The van der Waals surface area contributed by atoms with Gasteiger partial charge in [0, 0.05) is 26.5 Å². The average molecular weight is 602 g/mol. The fourth-order valence-electron chi connectivity index (χ4n) is 6.05. The number of rotatable bonds is 4. The van der Waals surface area contributed by atoms with Crippen molar-refractivity contribution in [2.75, 3.05) is 0 Å². The van der Waals surface area contributed by atoms with Gasteiger partial charge < -0.3 is 0 Å². The monoisotopic (exact) mass is 600 g/mol. The van der Waals surface area contributed by atoms with Crippen molar-refractivity contribution in [1.29, 1.82) is 0 Å². The Balaban J connectivity index is 1.53. The third-order valence-corrected chi connectivity index (χ3v) is 8.58. The zero-order chi connectivity index (χ0) is 28.0. The van der Waals surface area contributed by atoms with Gasteiger partial charge in [0.15, 0.2) is 0 Å². The van der Waals surface area contributed by atoms with Crippen LogP contribution in [0, 0.1) is 0 Å². The molecule has 0 saturated carbocycles. The van der Waals surface area contributed by atoms with Crippen molar-refractivity contribution in [2.24, 2.45) is 0 Å². The molecule has 0 unspecified atom stereocenters. The zero-order valence-corrected chi connectivity index (χ0v) is 24.3. The Hall–Kier alpha value is -4.99. The van der Waals surface area contributed by atoms with Gasteiger partial charge in [-0.1, -0.05) is 131 Å². The summed E-state index contributed by atoms with van der Waals surface area (Å²) in [4.78, 5) is 5.40. The maximum Gasteiger partial charge on any atom is 0.145 e. The van der Waals surface area contributed by atoms with Crippen molar-refractivity contribution in [1.82, 2.24) is 9.55 Å². The second-order valence-corrected chi connectivity index (χ2v) is 11.5. The minimum atomic E-state index is 0.928. The van der Waals surface area contributed by atoms with Gasteiger partial charge in [-0.05, 0) is 69.4 Å². The van der Waals surface area contributed by atoms with Gasteiger partial charge in [0.2, 0.25) is 0 Å². The molecule has 0 aliphatic heterocycles. The lowest BCUT2D eigenvalue weighted by Crippen LogP contribution is -1.98. The molecule has 0 amide bonds. The standard InChI is InChI=1S/C39H25BrN2/c40-31-20-16-28(17-21-31)39-41-37-33-22-18-29(26-10-4-1-5-11-26)24-35(33)36-25-30(27-12-6-2-7-13-27)19-23-34(36)38(37)42(39)32-14-8-3-9-15-32/h1-25H. The first-order chi connectivity index (χ1) is 20.7. The quantitative estimate of drug-likeness (QED) is 0.184. The molecule has 1 heterocycles. The molecule has 3 heteroatoms. The van der Waals surface area contributed by atoms with E-state index in [0.717, 1.165) is 38.0 Å². The van der Waals surface area contributed by atoms with E-state index in [0.29, 0.717) is 0 Å². The van der Waals surface area contributed by atoms with Crippen LogP contribution in [0.25, 0.3) is 71.9 Å². The van der Waals surface area contributed by atoms with Crippen LogP contribution in [0.5, 0.6) is 0 Å². The lowest BCUT2D eigenvalue weighted by atomic mass is 9.93. The SMILES string of the molecule is Brc1ccc(-c2nc3c4ccc(-c5ccccc5)cc4c4cc(-c5ccccc5)ccc4c3n2-c2ccccc2)cc1. The fraction of sp³-hybridized carbons (Fsp3) is 0. The molecule has 8 rings (SSSR count). The molecule has 198 valence electrons. The number of hydrogen-bond acceptors (Lipinski definition) is 1. The van der Waals surface area contributed by atoms with Gasteiger partial charge in [-0.25, -0.2) is 4.98 Å². The molecule has 0 aliphatic carbocycles. The van der Waals surface area contributed by atoms with Gasteiger partial charge >= 0.3 is 0 Å². The van der Waals surface area contributed by atoms with E-state index in [1.165, 1.54) is 38.4 Å². The molecule has 0 fully saturated rings. The van der Waals surface area contributed by atoms with Crippen LogP contribution in [0.15, 0.2) is 156 Å². The van der Waals surface area contributed by atoms with E-state index < -0.39 is 0 Å². The summed E-state index contributed by atoms with van der Waals surface area (Å²) in [6.07, 6.45) is 0. The van der Waals surface area contributed by atoms with E-state index in [9.17, 15) is 0 Å². The second kappa shape index (κ2) is 10.1. The number of nitrogens with zero attached hydrogens (tertiary/aromatic N) is 2. The highest BCUT2D eigenvalue weighted by molar-refractivity contribution is 9.10. The third kappa shape index (κ3) is 4.13. The van der Waals surface area contributed by atoms with E-state index in [1.54, 1.807) is 0 Å². The van der Waals surface area contributed by atoms with E-state index in [1.807, 2.05) is 0 Å². The predicted octanol–water partition coefficient (Wildman–Crippen LogP) is 11.1. The van der Waals surface area contributed by atoms with Crippen molar-refractivity contribution >= 4 is 48.5 Å². The van der Waals surface area contributed by atoms with E-state index in [4.69, 9.17) is 4.98 Å². The third-order valence-electron chi connectivity index (χ3n) is 8.05. The number of benzene rings is 7. The van der Waals surface area contributed by atoms with Crippen LogP contribution in [0.1, 0.15) is 0 Å². The lowest BCUT2D eigenvalue weighted by molar-refractivity contribution is 1.11. The van der Waals surface area contributed by atoms with Crippen LogP contribution >= 0.6 is 15.9 Å². The molecule has 0 atom stereocenters. The Labute approximate surface area is 252 Å². The van der Waals surface area contributed by atoms with Crippen molar-refractivity contribution in [3.05, 3.63) is 156 Å². The lowest BCUT2D eigenvalue weighted by Gasteiger charge is -2.14. The van der Waals surface area contributed by atoms with Gasteiger partial charge in [0.25, 0.3) is 0 Å². The smallest absolute Gasteiger partial charge is 0.145 e. The Morgan fingerprint density at radius 2 is 0.929 bits per heavy atom. The number of hydrogen-bond donors (Lipinski definition) is 0. The Kier molecular flexibility index (Phi) is 5.98. The van der Waals surface area contributed by atoms with Gasteiger partial charge in [-0.15, -0.1) is 0 Å². The summed E-state index contributed by atoms with van der Waals surface area (Å²) in [7, 11) is 0. The highest BCUT2D eigenvalue weighted by atomic mass is 79.9. The number of aromatic nitrogens is 2. The number of fused-ring (bicyclic) bond motifs is 6. The molecule has 0 bridgehead atoms. The molecule has 2 nitrogen and oxygen atoms in total. The summed E-state index contributed by atoms with van der Waals surface area (Å²) >= 11 is 3.61. The number of para-hydroxylation sites is 1. The molecule has 0 aliphatic rings. The normalized spacial score (nSPS) is 11.5. The highest BCUT2D eigenvalue weighted by Gasteiger charge is 2.21. The Morgan fingerprint density at radius 3 is 1.52 bits per heavy atom. The summed E-state index contributed by atoms with van der Waals surface area (Å²) in [5.74, 6) is 0.928. The van der Waals surface area contributed by atoms with Crippen LogP contribution in [0.3, 0.4) is 0 Å². The number of halogens is 1. The van der Waals surface area contributed by atoms with Crippen molar-refractivity contribution in [2.45, 2.75) is 0 Å². The first kappa shape index (κ1) is 24.8. The summed E-state index contributed by atoms with van der Waals surface area (Å²) in [6, 6.07) is 53.9. The molecular formula is C39H25BrN2. The Bertz CT molecular complexity index is 2220. The maximum absolute atomic E-state index is 5.40. The molecule has 0 radical (unpaired) electrons. The van der Waals surface area contributed by atoms with Crippen LogP contribution in [0.4, 0.5) is 0 Å². The van der Waals surface area contributed by atoms with Crippen molar-refractivity contribution in [3.8, 4) is 39.3 Å². The molecular weight excluding hydrogens is 576 g/mol. The topological polar surface area (TPSA) is 17.8 Å². The first-order valence-corrected chi connectivity index (χ1v) is 14.9. The van der Waals surface area contributed by atoms with Crippen LogP contribution in [0.2, 0.25) is 0 Å². The van der Waals surface area contributed by atoms with Gasteiger partial charge in [0.05, 0.1) is 11.0 Å². The summed E-state index contributed by atoms with van der Waals surface area (Å²) in [5, 5.41) is 4.75. The molecule has 7 aromatic carbocycles. The average Bonchev–Trinajstić information content (AvgIpc) is 3.47. The fourth-order valence-corrected chi connectivity index (χ4v) is 6.31. The maximum atomic E-state index is 5.40. The summed E-state index contributed by atoms with van der Waals surface area (Å²) in [6.45, 7) is 0. The highest BCUT2D eigenvalue weighted by Crippen LogP contribution is 2.41. The molecule has 1 aromatic heterocycles. The second-order valence-electron chi connectivity index (χ2n) is 10.6. The van der Waals surface area contributed by atoms with Crippen LogP contribution in [-0.2, 0) is 0 Å². The molecule has 42 heavy (non-hydrogen) atoms. The zero-order valence-electron chi connectivity index (χ0n) is 22.7. The van der Waals surface area contributed by atoms with Crippen molar-refractivity contribution < 1.29 is 0 Å². The molecule has 0 N–H and O–H groups in total. The summed E-state index contributed by atoms with van der Waals surface area (Å²) < 4.78 is 3.37. The van der Waals surface area contributed by atoms with Crippen molar-refractivity contribution in [3.63, 3.8) is 0 Å². The van der Waals surface area contributed by atoms with Crippen LogP contribution < -0.4 is 0 Å². The summed E-state index contributed by atoms with van der Waals surface area (Å²) in [5.41, 5.74) is 9.10. The van der Waals surface area contributed by atoms with E-state index >= 15 is 0 Å². The molecule has 8 aromatic rings. The minimum absolute atomic E-state index is 0.928. The number of imidazole rings is 1. The van der Waals surface area contributed by atoms with Gasteiger partial charge in [-0.3, -0.25) is 4.57 Å². The minimum Gasteiger partial charge on any atom is -0.292 e. The largest absolute Gasteiger partial charge is 0.292 e. The van der Waals surface area contributed by atoms with E-state index in [2.05, 4.69) is 172 Å². The Morgan fingerprint density at radius 1 is 0.429 bits per heavy atom. The predicted molar refractivity (Wildman–Crippen MR) is 180 cm³/mol.